The number of para-hydroxylation sites is 1. The summed E-state index contributed by atoms with van der Waals surface area (Å²) in [5.74, 6) is 0. The Kier molecular flexibility index (Phi) is 3.56. The van der Waals surface area contributed by atoms with Gasteiger partial charge in [0.15, 0.2) is 0 Å². The predicted octanol–water partition coefficient (Wildman–Crippen LogP) is 2.88. The molecule has 0 bridgehead atoms. The summed E-state index contributed by atoms with van der Waals surface area (Å²) in [5.41, 5.74) is 3.71. The van der Waals surface area contributed by atoms with Crippen molar-refractivity contribution in [2.75, 3.05) is 0 Å². The molecule has 0 radical (unpaired) electrons. The summed E-state index contributed by atoms with van der Waals surface area (Å²) >= 11 is 0. The van der Waals surface area contributed by atoms with Crippen molar-refractivity contribution in [3.8, 4) is 0 Å². The topological polar surface area (TPSA) is 80.3 Å². The number of hydrogen-bond acceptors (Lipinski definition) is 3. The summed E-state index contributed by atoms with van der Waals surface area (Å²) in [7, 11) is 0. The van der Waals surface area contributed by atoms with E-state index in [-0.39, 0.29) is 0 Å². The first-order valence-corrected chi connectivity index (χ1v) is 5.70. The average Bonchev–Trinajstić information content (AvgIpc) is 2.37. The molecule has 19 heavy (non-hydrogen) atoms. The van der Waals surface area contributed by atoms with Gasteiger partial charge in [-0.3, -0.25) is 0 Å². The maximum atomic E-state index is 8.25. The van der Waals surface area contributed by atoms with Gasteiger partial charge in [-0.25, -0.2) is 4.98 Å². The van der Waals surface area contributed by atoms with E-state index in [1.807, 2.05) is 0 Å². The molecule has 0 unspecified atom stereocenters. The lowest BCUT2D eigenvalue weighted by Gasteiger charge is -1.98. The van der Waals surface area contributed by atoms with E-state index in [0.717, 1.165) is 0 Å². The number of aryl methyl sites for hydroxylation is 1. The van der Waals surface area contributed by atoms with Crippen LogP contribution < -0.4 is 4.98 Å². The van der Waals surface area contributed by atoms with Gasteiger partial charge < -0.3 is 15.3 Å². The molecule has 0 aliphatic carbocycles. The third-order valence-corrected chi connectivity index (χ3v) is 2.85. The molecule has 3 aromatic rings. The Balaban J connectivity index is 0.000000297. The van der Waals surface area contributed by atoms with Gasteiger partial charge in [0.2, 0.25) is 11.0 Å². The molecule has 96 valence electrons. The second kappa shape index (κ2) is 5.30. The predicted molar refractivity (Wildman–Crippen MR) is 73.1 cm³/mol. The highest BCUT2D eigenvalue weighted by Gasteiger charge is 2.05. The molecule has 0 spiro atoms. The number of fused-ring (bicyclic) bond motifs is 2. The first kappa shape index (κ1) is 12.8. The molecule has 0 amide bonds. The second-order valence-electron chi connectivity index (χ2n) is 4.12. The van der Waals surface area contributed by atoms with E-state index in [1.165, 1.54) is 27.4 Å². The van der Waals surface area contributed by atoms with E-state index in [2.05, 4.69) is 60.4 Å². The molecule has 0 atom stereocenters. The number of benzene rings is 2. The van der Waals surface area contributed by atoms with Crippen LogP contribution in [0.3, 0.4) is 0 Å². The van der Waals surface area contributed by atoms with Gasteiger partial charge in [0, 0.05) is 22.9 Å². The number of H-pyrrole nitrogens is 1. The number of pyridine rings is 1. The van der Waals surface area contributed by atoms with Gasteiger partial charge in [-0.1, -0.05) is 24.3 Å². The summed E-state index contributed by atoms with van der Waals surface area (Å²) in [6.45, 7) is 2.14. The molecular formula is C14H12N2O3. The Labute approximate surface area is 109 Å². The van der Waals surface area contributed by atoms with E-state index in [9.17, 15) is 0 Å². The first-order chi connectivity index (χ1) is 9.08. The number of nitrogens with zero attached hydrogens (tertiary/aromatic N) is 1. The van der Waals surface area contributed by atoms with Gasteiger partial charge in [-0.2, -0.15) is 0 Å². The fourth-order valence-electron chi connectivity index (χ4n) is 2.02. The highest BCUT2D eigenvalue weighted by Crippen LogP contribution is 2.18. The van der Waals surface area contributed by atoms with E-state index >= 15 is 0 Å². The maximum absolute atomic E-state index is 8.25. The molecule has 5 nitrogen and oxygen atoms in total. The van der Waals surface area contributed by atoms with Crippen molar-refractivity contribution in [1.29, 1.82) is 0 Å². The number of aromatic amines is 1. The minimum Gasteiger partial charge on any atom is -0.356 e. The molecule has 0 saturated carbocycles. The molecule has 1 heterocycles. The van der Waals surface area contributed by atoms with Gasteiger partial charge in [0.05, 0.1) is 5.09 Å². The van der Waals surface area contributed by atoms with E-state index in [4.69, 9.17) is 15.3 Å². The normalized spacial score (nSPS) is 9.95. The van der Waals surface area contributed by atoms with Crippen LogP contribution in [0, 0.1) is 22.2 Å². The number of rotatable bonds is 0. The van der Waals surface area contributed by atoms with E-state index < -0.39 is 5.09 Å². The van der Waals surface area contributed by atoms with Crippen molar-refractivity contribution in [2.24, 2.45) is 0 Å². The van der Waals surface area contributed by atoms with Crippen molar-refractivity contribution < 1.29 is 10.1 Å². The second-order valence-corrected chi connectivity index (χ2v) is 4.12. The van der Waals surface area contributed by atoms with E-state index in [0.29, 0.717) is 0 Å². The Bertz CT molecular complexity index is 737. The molecule has 3 rings (SSSR count). The van der Waals surface area contributed by atoms with Crippen LogP contribution >= 0.6 is 0 Å². The molecule has 0 saturated heterocycles. The quantitative estimate of drug-likeness (QED) is 0.352. The molecule has 1 N–H and O–H groups in total. The van der Waals surface area contributed by atoms with Crippen LogP contribution in [0.15, 0.2) is 48.5 Å². The summed E-state index contributed by atoms with van der Waals surface area (Å²) in [5, 5.41) is 17.3. The maximum Gasteiger partial charge on any atom is 0.211 e. The van der Waals surface area contributed by atoms with Crippen LogP contribution in [0.2, 0.25) is 0 Å². The van der Waals surface area contributed by atoms with Crippen LogP contribution in [-0.4, -0.2) is 5.09 Å². The molecule has 0 aliphatic heterocycles. The van der Waals surface area contributed by atoms with Crippen LogP contribution in [0.25, 0.3) is 21.8 Å². The number of hydrogen-bond donors (Lipinski definition) is 0. The summed E-state index contributed by atoms with van der Waals surface area (Å²) < 4.78 is 0. The largest absolute Gasteiger partial charge is 0.356 e. The molecule has 1 aromatic heterocycles. The van der Waals surface area contributed by atoms with Crippen LogP contribution in [0.4, 0.5) is 0 Å². The average molecular weight is 256 g/mol. The zero-order valence-corrected chi connectivity index (χ0v) is 10.3. The summed E-state index contributed by atoms with van der Waals surface area (Å²) in [6.07, 6.45) is 0. The molecule has 5 heteroatoms. The van der Waals surface area contributed by atoms with E-state index in [1.54, 1.807) is 0 Å². The SMILES string of the molecule is Cc1cccc2[nH+]c3ccccc3cc12.O=[N+]([O-])[O-]. The lowest BCUT2D eigenvalue weighted by Crippen LogP contribution is -2.05. The van der Waals surface area contributed by atoms with Gasteiger partial charge in [0.1, 0.15) is 0 Å². The Morgan fingerprint density at radius 2 is 1.63 bits per heavy atom. The monoisotopic (exact) mass is 256 g/mol. The van der Waals surface area contributed by atoms with Crippen LogP contribution in [0.5, 0.6) is 0 Å². The van der Waals surface area contributed by atoms with Gasteiger partial charge in [0.25, 0.3) is 0 Å². The van der Waals surface area contributed by atoms with Crippen molar-refractivity contribution in [2.45, 2.75) is 6.92 Å². The van der Waals surface area contributed by atoms with Crippen molar-refractivity contribution in [3.05, 3.63) is 69.4 Å². The van der Waals surface area contributed by atoms with Gasteiger partial charge in [-0.15, -0.1) is 0 Å². The lowest BCUT2D eigenvalue weighted by atomic mass is 10.1. The zero-order valence-electron chi connectivity index (χ0n) is 10.3. The smallest absolute Gasteiger partial charge is 0.211 e. The number of aromatic nitrogens is 1. The van der Waals surface area contributed by atoms with Gasteiger partial charge in [-0.05, 0) is 24.6 Å². The summed E-state index contributed by atoms with van der Waals surface area (Å²) in [6, 6.07) is 17.0. The van der Waals surface area contributed by atoms with Crippen LogP contribution in [-0.2, 0) is 0 Å². The highest BCUT2D eigenvalue weighted by atomic mass is 16.9. The van der Waals surface area contributed by atoms with Crippen molar-refractivity contribution in [1.82, 2.24) is 0 Å². The minimum absolute atomic E-state index is 1.19. The lowest BCUT2D eigenvalue weighted by molar-refractivity contribution is -0.402. The third-order valence-electron chi connectivity index (χ3n) is 2.85. The minimum atomic E-state index is -1.75. The number of nitrogens with one attached hydrogen (secondary N) is 1. The highest BCUT2D eigenvalue weighted by molar-refractivity contribution is 5.89. The molecular weight excluding hydrogens is 244 g/mol. The third kappa shape index (κ3) is 2.95. The Hall–Kier alpha value is -2.69. The summed E-state index contributed by atoms with van der Waals surface area (Å²) in [4.78, 5) is 11.7. The molecule has 2 aromatic carbocycles. The van der Waals surface area contributed by atoms with Crippen molar-refractivity contribution in [3.63, 3.8) is 0 Å². The first-order valence-electron chi connectivity index (χ1n) is 5.70. The molecule has 0 aliphatic rings. The fourth-order valence-corrected chi connectivity index (χ4v) is 2.02. The van der Waals surface area contributed by atoms with Crippen LogP contribution in [0.1, 0.15) is 5.56 Å². The zero-order chi connectivity index (χ0) is 13.8. The Morgan fingerprint density at radius 3 is 2.37 bits per heavy atom. The van der Waals surface area contributed by atoms with Gasteiger partial charge >= 0.3 is 0 Å². The molecule has 0 fully saturated rings. The fraction of sp³-hybridized carbons (Fsp3) is 0.0714. The Morgan fingerprint density at radius 1 is 1.00 bits per heavy atom. The van der Waals surface area contributed by atoms with Crippen molar-refractivity contribution >= 4 is 21.8 Å². The standard InChI is InChI=1S/C14H11N.NO3/c1-10-5-4-8-14-12(10)9-11-6-2-3-7-13(11)15-14;2-1(3)4/h2-9H,1H3;/q;-1/p+1.